The van der Waals surface area contributed by atoms with Crippen molar-refractivity contribution in [2.24, 2.45) is 5.92 Å². The molecule has 2 atom stereocenters. The van der Waals surface area contributed by atoms with E-state index in [1.165, 1.54) is 6.33 Å². The second kappa shape index (κ2) is 7.41. The zero-order chi connectivity index (χ0) is 17.9. The molecule has 6 nitrogen and oxygen atoms in total. The molecule has 0 N–H and O–H groups in total. The zero-order valence-electron chi connectivity index (χ0n) is 14.2. The molecule has 0 radical (unpaired) electrons. The number of benzene rings is 1. The summed E-state index contributed by atoms with van der Waals surface area (Å²) in [5.74, 6) is 0.150. The monoisotopic (exact) mass is 370 g/mol. The van der Waals surface area contributed by atoms with Crippen LogP contribution in [0.1, 0.15) is 42.1 Å². The van der Waals surface area contributed by atoms with E-state index in [0.717, 1.165) is 31.3 Å². The topological polar surface area (TPSA) is 69.9 Å². The summed E-state index contributed by atoms with van der Waals surface area (Å²) in [6.45, 7) is 0.414. The van der Waals surface area contributed by atoms with Crippen molar-refractivity contribution >= 4 is 28.7 Å². The van der Waals surface area contributed by atoms with Crippen LogP contribution in [0, 0.1) is 5.92 Å². The van der Waals surface area contributed by atoms with E-state index < -0.39 is 0 Å². The highest BCUT2D eigenvalue weighted by atomic mass is 35.5. The average Bonchev–Trinajstić information content (AvgIpc) is 3.29. The van der Waals surface area contributed by atoms with E-state index in [-0.39, 0.29) is 5.97 Å². The predicted octanol–water partition coefficient (Wildman–Crippen LogP) is 4.07. The first kappa shape index (κ1) is 17.0. The number of imidazole rings is 1. The summed E-state index contributed by atoms with van der Waals surface area (Å²) in [5, 5.41) is 0.375. The summed E-state index contributed by atoms with van der Waals surface area (Å²) < 4.78 is 7.55. The van der Waals surface area contributed by atoms with Crippen LogP contribution in [0.3, 0.4) is 0 Å². The van der Waals surface area contributed by atoms with Crippen LogP contribution in [-0.2, 0) is 4.74 Å². The maximum Gasteiger partial charge on any atom is 0.338 e. The number of rotatable bonds is 5. The third-order valence-electron chi connectivity index (χ3n) is 5.02. The maximum atomic E-state index is 12.1. The Morgan fingerprint density at radius 2 is 2.04 bits per heavy atom. The number of carbonyl (C=O) groups is 1. The molecular weight excluding hydrogens is 352 g/mol. The van der Waals surface area contributed by atoms with Gasteiger partial charge in [0.1, 0.15) is 11.8 Å². The second-order valence-corrected chi connectivity index (χ2v) is 6.90. The summed E-state index contributed by atoms with van der Waals surface area (Å²) >= 11 is 6.11. The van der Waals surface area contributed by atoms with E-state index in [1.54, 1.807) is 18.5 Å². The molecule has 0 saturated heterocycles. The first-order chi connectivity index (χ1) is 12.7. The Morgan fingerprint density at radius 1 is 1.19 bits per heavy atom. The molecule has 7 heteroatoms. The number of halogens is 1. The lowest BCUT2D eigenvalue weighted by atomic mass is 10.00. The van der Waals surface area contributed by atoms with E-state index in [4.69, 9.17) is 16.3 Å². The molecule has 1 saturated carbocycles. The number of fused-ring (bicyclic) bond motifs is 1. The third kappa shape index (κ3) is 3.29. The Hall–Kier alpha value is -2.47. The standard InChI is InChI=1S/C19H19ClN4O2/c20-17-16-18(22-11-21-17)24(12-23-16)15-8-4-7-13(15)9-10-26-19(25)14-5-2-1-3-6-14/h1-3,5-6,11-13,15H,4,7-10H2/t13-,15+/m1/s1. The van der Waals surface area contributed by atoms with Gasteiger partial charge in [0.15, 0.2) is 10.8 Å². The number of carbonyl (C=O) groups excluding carboxylic acids is 1. The minimum atomic E-state index is -0.271. The first-order valence-corrected chi connectivity index (χ1v) is 9.17. The lowest BCUT2D eigenvalue weighted by Gasteiger charge is -2.21. The number of hydrogen-bond acceptors (Lipinski definition) is 5. The van der Waals surface area contributed by atoms with Crippen LogP contribution in [0.5, 0.6) is 0 Å². The number of esters is 1. The second-order valence-electron chi connectivity index (χ2n) is 6.54. The van der Waals surface area contributed by atoms with Crippen molar-refractivity contribution in [3.8, 4) is 0 Å². The van der Waals surface area contributed by atoms with Crippen LogP contribution < -0.4 is 0 Å². The van der Waals surface area contributed by atoms with E-state index in [2.05, 4.69) is 19.5 Å². The fourth-order valence-electron chi connectivity index (χ4n) is 3.75. The van der Waals surface area contributed by atoms with Gasteiger partial charge in [0.05, 0.1) is 18.5 Å². The average molecular weight is 371 g/mol. The van der Waals surface area contributed by atoms with Crippen LogP contribution in [0.15, 0.2) is 43.0 Å². The highest BCUT2D eigenvalue weighted by molar-refractivity contribution is 6.33. The molecule has 0 amide bonds. The van der Waals surface area contributed by atoms with Crippen LogP contribution >= 0.6 is 11.6 Å². The summed E-state index contributed by atoms with van der Waals surface area (Å²) in [6, 6.07) is 9.37. The molecule has 0 bridgehead atoms. The Balaban J connectivity index is 1.42. The fraction of sp³-hybridized carbons (Fsp3) is 0.368. The normalized spacial score (nSPS) is 19.7. The molecular formula is C19H19ClN4O2. The van der Waals surface area contributed by atoms with E-state index in [9.17, 15) is 4.79 Å². The van der Waals surface area contributed by atoms with Gasteiger partial charge in [-0.25, -0.2) is 19.7 Å². The van der Waals surface area contributed by atoms with Gasteiger partial charge in [-0.3, -0.25) is 0 Å². The summed E-state index contributed by atoms with van der Waals surface area (Å²) in [4.78, 5) is 24.8. The molecule has 26 heavy (non-hydrogen) atoms. The zero-order valence-corrected chi connectivity index (χ0v) is 15.0. The van der Waals surface area contributed by atoms with Crippen LogP contribution in [0.25, 0.3) is 11.2 Å². The minimum Gasteiger partial charge on any atom is -0.462 e. The van der Waals surface area contributed by atoms with Crippen molar-refractivity contribution < 1.29 is 9.53 Å². The lowest BCUT2D eigenvalue weighted by Crippen LogP contribution is -2.17. The highest BCUT2D eigenvalue weighted by Gasteiger charge is 2.30. The molecule has 0 aliphatic heterocycles. The molecule has 0 unspecified atom stereocenters. The van der Waals surface area contributed by atoms with Gasteiger partial charge in [-0.15, -0.1) is 0 Å². The van der Waals surface area contributed by atoms with Crippen LogP contribution in [0.4, 0.5) is 0 Å². The largest absolute Gasteiger partial charge is 0.462 e. The summed E-state index contributed by atoms with van der Waals surface area (Å²) in [5.41, 5.74) is 1.99. The van der Waals surface area contributed by atoms with Crippen LogP contribution in [0.2, 0.25) is 5.15 Å². The summed E-state index contributed by atoms with van der Waals surface area (Å²) in [7, 11) is 0. The Morgan fingerprint density at radius 3 is 2.88 bits per heavy atom. The van der Waals surface area contributed by atoms with Gasteiger partial charge in [0, 0.05) is 6.04 Å². The van der Waals surface area contributed by atoms with Crippen molar-refractivity contribution in [3.05, 3.63) is 53.7 Å². The van der Waals surface area contributed by atoms with Crippen molar-refractivity contribution in [1.82, 2.24) is 19.5 Å². The highest BCUT2D eigenvalue weighted by Crippen LogP contribution is 2.39. The van der Waals surface area contributed by atoms with Crippen molar-refractivity contribution in [2.45, 2.75) is 31.7 Å². The van der Waals surface area contributed by atoms with Crippen molar-refractivity contribution in [2.75, 3.05) is 6.61 Å². The molecule has 0 spiro atoms. The van der Waals surface area contributed by atoms with Gasteiger partial charge in [-0.05, 0) is 37.3 Å². The minimum absolute atomic E-state index is 0.271. The Bertz CT molecular complexity index is 912. The van der Waals surface area contributed by atoms with Gasteiger partial charge in [-0.1, -0.05) is 36.2 Å². The number of hydrogen-bond donors (Lipinski definition) is 0. The van der Waals surface area contributed by atoms with Gasteiger partial charge >= 0.3 is 5.97 Å². The Labute approximate surface area is 156 Å². The van der Waals surface area contributed by atoms with Gasteiger partial charge in [0.2, 0.25) is 0 Å². The molecule has 134 valence electrons. The predicted molar refractivity (Wildman–Crippen MR) is 98.1 cm³/mol. The molecule has 1 aromatic carbocycles. The van der Waals surface area contributed by atoms with Crippen LogP contribution in [-0.4, -0.2) is 32.1 Å². The molecule has 2 aromatic heterocycles. The molecule has 3 aromatic rings. The van der Waals surface area contributed by atoms with E-state index in [1.807, 2.05) is 18.2 Å². The molecule has 1 aliphatic carbocycles. The lowest BCUT2D eigenvalue weighted by molar-refractivity contribution is 0.0476. The van der Waals surface area contributed by atoms with E-state index >= 15 is 0 Å². The van der Waals surface area contributed by atoms with Gasteiger partial charge < -0.3 is 9.30 Å². The van der Waals surface area contributed by atoms with Gasteiger partial charge in [0.25, 0.3) is 0 Å². The number of aromatic nitrogens is 4. The Kier molecular flexibility index (Phi) is 4.84. The maximum absolute atomic E-state index is 12.1. The number of ether oxygens (including phenoxy) is 1. The van der Waals surface area contributed by atoms with E-state index in [0.29, 0.717) is 34.8 Å². The van der Waals surface area contributed by atoms with Crippen molar-refractivity contribution in [1.29, 1.82) is 0 Å². The first-order valence-electron chi connectivity index (χ1n) is 8.79. The van der Waals surface area contributed by atoms with Crippen molar-refractivity contribution in [3.63, 3.8) is 0 Å². The molecule has 2 heterocycles. The third-order valence-corrected chi connectivity index (χ3v) is 5.30. The quantitative estimate of drug-likeness (QED) is 0.500. The van der Waals surface area contributed by atoms with Gasteiger partial charge in [-0.2, -0.15) is 0 Å². The molecule has 1 fully saturated rings. The SMILES string of the molecule is O=C(OCC[C@H]1CCC[C@@H]1n1cnc2c(Cl)ncnc21)c1ccccc1. The number of nitrogens with zero attached hydrogens (tertiary/aromatic N) is 4. The molecule has 4 rings (SSSR count). The molecule has 1 aliphatic rings. The smallest absolute Gasteiger partial charge is 0.338 e. The summed E-state index contributed by atoms with van der Waals surface area (Å²) in [6.07, 6.45) is 7.39. The fourth-order valence-corrected chi connectivity index (χ4v) is 3.92.